The van der Waals surface area contributed by atoms with Crippen LogP contribution in [0.2, 0.25) is 0 Å². The highest BCUT2D eigenvalue weighted by molar-refractivity contribution is 7.48. The fraction of sp³-hybridized carbons (Fsp3) is 0.525. The van der Waals surface area contributed by atoms with Crippen molar-refractivity contribution in [3.05, 3.63) is 108 Å². The third kappa shape index (κ3) is 13.5. The van der Waals surface area contributed by atoms with Crippen molar-refractivity contribution in [3.63, 3.8) is 0 Å². The molecule has 0 radical (unpaired) electrons. The first kappa shape index (κ1) is 40.8. The van der Waals surface area contributed by atoms with E-state index in [-0.39, 0.29) is 33.0 Å². The van der Waals surface area contributed by atoms with Gasteiger partial charge in [0.1, 0.15) is 18.3 Å². The Morgan fingerprint density at radius 2 is 1.16 bits per heavy atom. The van der Waals surface area contributed by atoms with Crippen LogP contribution in [0.15, 0.2) is 91.0 Å². The fourth-order valence-electron chi connectivity index (χ4n) is 5.18. The van der Waals surface area contributed by atoms with Crippen LogP contribution in [0.4, 0.5) is 0 Å². The van der Waals surface area contributed by atoms with Crippen molar-refractivity contribution in [2.24, 2.45) is 5.41 Å². The Hall–Kier alpha value is -2.92. The minimum atomic E-state index is -4.21. The molecule has 0 aliphatic carbocycles. The Balaban J connectivity index is 1.73. The van der Waals surface area contributed by atoms with E-state index in [1.54, 1.807) is 20.8 Å². The quantitative estimate of drug-likeness (QED) is 0.0600. The van der Waals surface area contributed by atoms with E-state index in [9.17, 15) is 9.36 Å². The highest BCUT2D eigenvalue weighted by Crippen LogP contribution is 2.53. The lowest BCUT2D eigenvalue weighted by atomic mass is 9.95. The normalized spacial score (nSPS) is 21.0. The van der Waals surface area contributed by atoms with Crippen molar-refractivity contribution in [3.8, 4) is 0 Å². The van der Waals surface area contributed by atoms with E-state index < -0.39 is 49.9 Å². The Morgan fingerprint density at radius 3 is 1.63 bits per heavy atom. The van der Waals surface area contributed by atoms with E-state index in [1.165, 1.54) is 0 Å². The van der Waals surface area contributed by atoms with Gasteiger partial charge >= 0.3 is 13.8 Å². The molecule has 51 heavy (non-hydrogen) atoms. The number of hydrogen-bond acceptors (Lipinski definition) is 10. The number of rotatable bonds is 21. The molecule has 11 heteroatoms. The van der Waals surface area contributed by atoms with Gasteiger partial charge in [0.15, 0.2) is 6.10 Å². The lowest BCUT2D eigenvalue weighted by Gasteiger charge is -2.46. The second kappa shape index (κ2) is 20.9. The van der Waals surface area contributed by atoms with E-state index in [1.807, 2.05) is 105 Å². The molecule has 0 N–H and O–H groups in total. The molecule has 3 aromatic carbocycles. The number of hydrogen-bond donors (Lipinski definition) is 0. The molecule has 5 atom stereocenters. The fourth-order valence-corrected chi connectivity index (χ4v) is 6.51. The minimum Gasteiger partial charge on any atom is -0.454 e. The molecule has 0 aromatic heterocycles. The summed E-state index contributed by atoms with van der Waals surface area (Å²) in [5, 5.41) is 0. The van der Waals surface area contributed by atoms with Crippen molar-refractivity contribution in [2.45, 2.75) is 111 Å². The highest BCUT2D eigenvalue weighted by atomic mass is 31.2. The van der Waals surface area contributed by atoms with Crippen LogP contribution in [0.1, 0.15) is 77.0 Å². The molecule has 0 bridgehead atoms. The van der Waals surface area contributed by atoms with E-state index in [2.05, 4.69) is 0 Å². The summed E-state index contributed by atoms with van der Waals surface area (Å²) < 4.78 is 64.3. The molecule has 1 aliphatic rings. The number of phosphoric ester groups is 1. The van der Waals surface area contributed by atoms with Gasteiger partial charge in [-0.3, -0.25) is 18.4 Å². The van der Waals surface area contributed by atoms with Crippen molar-refractivity contribution >= 4 is 13.8 Å². The maximum absolute atomic E-state index is 14.3. The molecule has 1 heterocycles. The summed E-state index contributed by atoms with van der Waals surface area (Å²) in [5.41, 5.74) is 1.93. The van der Waals surface area contributed by atoms with Gasteiger partial charge in [-0.25, -0.2) is 4.57 Å². The predicted molar refractivity (Wildman–Crippen MR) is 195 cm³/mol. The average molecular weight is 727 g/mol. The Bertz CT molecular complexity index is 1440. The van der Waals surface area contributed by atoms with Crippen LogP contribution in [-0.2, 0) is 66.4 Å². The van der Waals surface area contributed by atoms with Gasteiger partial charge in [-0.15, -0.1) is 0 Å². The molecule has 0 spiro atoms. The highest BCUT2D eigenvalue weighted by Gasteiger charge is 2.53. The number of esters is 1. The van der Waals surface area contributed by atoms with E-state index >= 15 is 0 Å². The summed E-state index contributed by atoms with van der Waals surface area (Å²) in [5.74, 6) is -0.521. The largest absolute Gasteiger partial charge is 0.477 e. The number of ether oxygens (including phenoxy) is 5. The van der Waals surface area contributed by atoms with Crippen LogP contribution in [0.5, 0.6) is 0 Å². The first-order chi connectivity index (χ1) is 24.6. The number of phosphoric acid groups is 1. The number of carbonyl (C=O) groups is 1. The smallest absolute Gasteiger partial charge is 0.454 e. The first-order valence-electron chi connectivity index (χ1n) is 18.0. The number of carbonyl (C=O) groups excluding carboxylic acids is 1. The molecular formula is C40H55O10P. The Labute approximate surface area is 303 Å². The summed E-state index contributed by atoms with van der Waals surface area (Å²) in [4.78, 5) is 13.6. The van der Waals surface area contributed by atoms with Gasteiger partial charge in [-0.1, -0.05) is 118 Å². The van der Waals surface area contributed by atoms with Gasteiger partial charge in [0.25, 0.3) is 0 Å². The summed E-state index contributed by atoms with van der Waals surface area (Å²) >= 11 is 0. The molecular weight excluding hydrogens is 671 g/mol. The molecule has 10 nitrogen and oxygen atoms in total. The average Bonchev–Trinajstić information content (AvgIpc) is 3.12. The van der Waals surface area contributed by atoms with Gasteiger partial charge in [0, 0.05) is 0 Å². The molecule has 3 aromatic rings. The first-order valence-corrected chi connectivity index (χ1v) is 19.4. The lowest BCUT2D eigenvalue weighted by Crippen LogP contribution is -2.62. The number of unbranched alkanes of at least 4 members (excludes halogenated alkanes) is 2. The van der Waals surface area contributed by atoms with Crippen LogP contribution >= 0.6 is 7.82 Å². The van der Waals surface area contributed by atoms with Crippen molar-refractivity contribution in [1.82, 2.24) is 0 Å². The molecule has 1 aliphatic heterocycles. The van der Waals surface area contributed by atoms with Crippen LogP contribution in [0, 0.1) is 5.41 Å². The zero-order valence-electron chi connectivity index (χ0n) is 30.6. The van der Waals surface area contributed by atoms with Crippen molar-refractivity contribution in [2.75, 3.05) is 19.8 Å². The van der Waals surface area contributed by atoms with Gasteiger partial charge < -0.3 is 23.7 Å². The summed E-state index contributed by atoms with van der Waals surface area (Å²) in [7, 11) is -4.21. The monoisotopic (exact) mass is 726 g/mol. The van der Waals surface area contributed by atoms with E-state index in [4.69, 9.17) is 37.3 Å². The van der Waals surface area contributed by atoms with Crippen molar-refractivity contribution < 1.29 is 46.6 Å². The standard InChI is InChI=1S/C40H55O10P/c1-6-8-25-46-51(42,47-26-9-7-2)50-38-37(49-39(41)40(3,4)5)36(45-29-33-23-17-12-18-24-33)35(44-28-32-21-15-11-16-22-32)34(48-38)30-43-27-31-19-13-10-14-20-31/h10-24,34-38H,6-9,25-30H2,1-5H3/t34-,35-,36+,37-,38?/m1/s1. The second-order valence-corrected chi connectivity index (χ2v) is 15.2. The van der Waals surface area contributed by atoms with Crippen LogP contribution < -0.4 is 0 Å². The Morgan fingerprint density at radius 1 is 0.686 bits per heavy atom. The maximum Gasteiger partial charge on any atom is 0.477 e. The van der Waals surface area contributed by atoms with E-state index in [0.717, 1.165) is 29.5 Å². The van der Waals surface area contributed by atoms with Crippen LogP contribution in [0.3, 0.4) is 0 Å². The molecule has 1 saturated heterocycles. The summed E-state index contributed by atoms with van der Waals surface area (Å²) in [6, 6.07) is 29.2. The molecule has 0 saturated carbocycles. The molecule has 280 valence electrons. The third-order valence-corrected chi connectivity index (χ3v) is 9.60. The van der Waals surface area contributed by atoms with Crippen LogP contribution in [-0.4, -0.2) is 56.5 Å². The lowest BCUT2D eigenvalue weighted by molar-refractivity contribution is -0.307. The van der Waals surface area contributed by atoms with Crippen molar-refractivity contribution in [1.29, 1.82) is 0 Å². The third-order valence-electron chi connectivity index (χ3n) is 8.14. The number of benzene rings is 3. The molecule has 4 rings (SSSR count). The molecule has 0 amide bonds. The SMILES string of the molecule is CCCCOP(=O)(OCCCC)OC1O[C@H](COCc2ccccc2)[C@@H](OCc2ccccc2)[C@H](OCc2ccccc2)[C@H]1OC(=O)C(C)(C)C. The minimum absolute atomic E-state index is 0.0665. The zero-order valence-corrected chi connectivity index (χ0v) is 31.5. The predicted octanol–water partition coefficient (Wildman–Crippen LogP) is 8.81. The second-order valence-electron chi connectivity index (χ2n) is 13.6. The molecule has 1 fully saturated rings. The topological polar surface area (TPSA) is 108 Å². The van der Waals surface area contributed by atoms with Gasteiger partial charge in [0.05, 0.1) is 45.1 Å². The maximum atomic E-state index is 14.3. The van der Waals surface area contributed by atoms with Gasteiger partial charge in [0.2, 0.25) is 6.29 Å². The van der Waals surface area contributed by atoms with Crippen LogP contribution in [0.25, 0.3) is 0 Å². The molecule has 1 unspecified atom stereocenters. The van der Waals surface area contributed by atoms with E-state index in [0.29, 0.717) is 19.4 Å². The van der Waals surface area contributed by atoms with Gasteiger partial charge in [-0.2, -0.15) is 0 Å². The van der Waals surface area contributed by atoms with Gasteiger partial charge in [-0.05, 0) is 50.3 Å². The Kier molecular flexibility index (Phi) is 16.8. The summed E-state index contributed by atoms with van der Waals surface area (Å²) in [6.07, 6.45) is -2.24. The zero-order chi connectivity index (χ0) is 36.5. The summed E-state index contributed by atoms with van der Waals surface area (Å²) in [6.45, 7) is 10.3.